The van der Waals surface area contributed by atoms with Crippen molar-refractivity contribution in [2.24, 2.45) is 0 Å². The van der Waals surface area contributed by atoms with Crippen LogP contribution in [0, 0.1) is 13.8 Å². The van der Waals surface area contributed by atoms with Crippen molar-refractivity contribution in [1.29, 1.82) is 0 Å². The van der Waals surface area contributed by atoms with Gasteiger partial charge in [0.25, 0.3) is 11.8 Å². The van der Waals surface area contributed by atoms with Gasteiger partial charge in [-0.25, -0.2) is 0 Å². The molecule has 0 radical (unpaired) electrons. The van der Waals surface area contributed by atoms with Crippen LogP contribution >= 0.6 is 0 Å². The molecule has 5 heteroatoms. The van der Waals surface area contributed by atoms with E-state index >= 15 is 0 Å². The van der Waals surface area contributed by atoms with Gasteiger partial charge in [0.15, 0.2) is 6.10 Å². The van der Waals surface area contributed by atoms with Gasteiger partial charge in [0.05, 0.1) is 0 Å². The zero-order valence-corrected chi connectivity index (χ0v) is 20.9. The first kappa shape index (κ1) is 25.0. The molecular formula is C29H34N2O3. The minimum Gasteiger partial charge on any atom is -0.480 e. The SMILES string of the molecule is CC[C@@H](Oc1cc(C)ccc1C)C(=O)Nc1cccc(NC(=O)c2ccc(C(C)(C)C)cc2)c1. The van der Waals surface area contributed by atoms with Crippen molar-refractivity contribution in [1.82, 2.24) is 0 Å². The molecule has 0 aliphatic heterocycles. The maximum atomic E-state index is 12.9. The lowest BCUT2D eigenvalue weighted by molar-refractivity contribution is -0.122. The van der Waals surface area contributed by atoms with Crippen LogP contribution in [0.3, 0.4) is 0 Å². The molecule has 34 heavy (non-hydrogen) atoms. The van der Waals surface area contributed by atoms with Crippen molar-refractivity contribution >= 4 is 23.2 Å². The summed E-state index contributed by atoms with van der Waals surface area (Å²) in [6.45, 7) is 12.3. The van der Waals surface area contributed by atoms with Crippen molar-refractivity contribution in [3.63, 3.8) is 0 Å². The minimum absolute atomic E-state index is 0.0274. The molecule has 0 saturated carbocycles. The molecule has 0 aliphatic carbocycles. The summed E-state index contributed by atoms with van der Waals surface area (Å²) in [5.74, 6) is 0.277. The number of ether oxygens (including phenoxy) is 1. The molecule has 0 aromatic heterocycles. The summed E-state index contributed by atoms with van der Waals surface area (Å²) in [6.07, 6.45) is -0.0969. The first-order valence-corrected chi connectivity index (χ1v) is 11.6. The van der Waals surface area contributed by atoms with Crippen LogP contribution in [0.15, 0.2) is 66.7 Å². The highest BCUT2D eigenvalue weighted by molar-refractivity contribution is 6.04. The smallest absolute Gasteiger partial charge is 0.265 e. The molecule has 2 N–H and O–H groups in total. The Morgan fingerprint density at radius 2 is 1.53 bits per heavy atom. The fraction of sp³-hybridized carbons (Fsp3) is 0.310. The van der Waals surface area contributed by atoms with E-state index in [1.807, 2.05) is 63.2 Å². The molecule has 3 rings (SSSR count). The number of nitrogens with one attached hydrogen (secondary N) is 2. The number of anilines is 2. The second-order valence-electron chi connectivity index (χ2n) is 9.64. The molecule has 5 nitrogen and oxygen atoms in total. The van der Waals surface area contributed by atoms with E-state index < -0.39 is 6.10 Å². The highest BCUT2D eigenvalue weighted by atomic mass is 16.5. The Balaban J connectivity index is 1.66. The van der Waals surface area contributed by atoms with Gasteiger partial charge in [-0.05, 0) is 78.8 Å². The monoisotopic (exact) mass is 458 g/mol. The molecule has 0 unspecified atom stereocenters. The van der Waals surface area contributed by atoms with Crippen LogP contribution < -0.4 is 15.4 Å². The van der Waals surface area contributed by atoms with Crippen LogP contribution in [0.4, 0.5) is 11.4 Å². The van der Waals surface area contributed by atoms with Gasteiger partial charge in [0.1, 0.15) is 5.75 Å². The maximum absolute atomic E-state index is 12.9. The summed E-state index contributed by atoms with van der Waals surface area (Å²) in [7, 11) is 0. The third-order valence-electron chi connectivity index (χ3n) is 5.68. The molecule has 3 aromatic carbocycles. The van der Waals surface area contributed by atoms with Gasteiger partial charge >= 0.3 is 0 Å². The van der Waals surface area contributed by atoms with E-state index in [0.717, 1.165) is 11.1 Å². The summed E-state index contributed by atoms with van der Waals surface area (Å²) in [5.41, 5.74) is 5.03. The number of aryl methyl sites for hydroxylation is 2. The predicted octanol–water partition coefficient (Wildman–Crippen LogP) is 6.65. The van der Waals surface area contributed by atoms with Crippen LogP contribution in [0.2, 0.25) is 0 Å². The standard InChI is InChI=1S/C29H34N2O3/c1-7-25(34-26-17-19(2)11-12-20(26)3)28(33)31-24-10-8-9-23(18-24)30-27(32)21-13-15-22(16-14-21)29(4,5)6/h8-18,25H,7H2,1-6H3,(H,30,32)(H,31,33)/t25-/m1/s1. The maximum Gasteiger partial charge on any atom is 0.265 e. The molecule has 2 amide bonds. The van der Waals surface area contributed by atoms with Gasteiger partial charge in [-0.1, -0.05) is 58.0 Å². The van der Waals surface area contributed by atoms with Crippen LogP contribution in [0.5, 0.6) is 5.75 Å². The number of amides is 2. The van der Waals surface area contributed by atoms with E-state index in [1.165, 1.54) is 5.56 Å². The predicted molar refractivity (Wildman–Crippen MR) is 139 cm³/mol. The molecular weight excluding hydrogens is 424 g/mol. The topological polar surface area (TPSA) is 67.4 Å². The minimum atomic E-state index is -0.625. The Bertz CT molecular complexity index is 1160. The van der Waals surface area contributed by atoms with Crippen molar-refractivity contribution < 1.29 is 14.3 Å². The first-order valence-electron chi connectivity index (χ1n) is 11.6. The third kappa shape index (κ3) is 6.47. The lowest BCUT2D eigenvalue weighted by atomic mass is 9.87. The molecule has 0 fully saturated rings. The molecule has 178 valence electrons. The second-order valence-corrected chi connectivity index (χ2v) is 9.64. The van der Waals surface area contributed by atoms with Crippen molar-refractivity contribution in [3.8, 4) is 5.75 Å². The number of carbonyl (C=O) groups is 2. The largest absolute Gasteiger partial charge is 0.480 e. The van der Waals surface area contributed by atoms with Crippen molar-refractivity contribution in [2.45, 2.75) is 59.5 Å². The quantitative estimate of drug-likeness (QED) is 0.416. The van der Waals surface area contributed by atoms with Crippen molar-refractivity contribution in [3.05, 3.63) is 89.0 Å². The summed E-state index contributed by atoms with van der Waals surface area (Å²) >= 11 is 0. The molecule has 0 heterocycles. The highest BCUT2D eigenvalue weighted by Gasteiger charge is 2.20. The van der Waals surface area contributed by atoms with Gasteiger partial charge < -0.3 is 15.4 Å². The van der Waals surface area contributed by atoms with E-state index in [-0.39, 0.29) is 17.2 Å². The van der Waals surface area contributed by atoms with E-state index in [4.69, 9.17) is 4.74 Å². The number of hydrogen-bond donors (Lipinski definition) is 2. The van der Waals surface area contributed by atoms with Gasteiger partial charge in [0.2, 0.25) is 0 Å². The molecule has 3 aromatic rings. The zero-order chi connectivity index (χ0) is 24.9. The fourth-order valence-corrected chi connectivity index (χ4v) is 3.53. The highest BCUT2D eigenvalue weighted by Crippen LogP contribution is 2.24. The van der Waals surface area contributed by atoms with Crippen molar-refractivity contribution in [2.75, 3.05) is 10.6 Å². The van der Waals surface area contributed by atoms with Crippen LogP contribution in [0.1, 0.15) is 61.2 Å². The fourth-order valence-electron chi connectivity index (χ4n) is 3.53. The van der Waals surface area contributed by atoms with E-state index in [9.17, 15) is 9.59 Å². The average Bonchev–Trinajstić information content (AvgIpc) is 2.79. The lowest BCUT2D eigenvalue weighted by Gasteiger charge is -2.19. The summed E-state index contributed by atoms with van der Waals surface area (Å²) in [4.78, 5) is 25.6. The Kier molecular flexibility index (Phi) is 7.77. The molecule has 0 saturated heterocycles. The number of rotatable bonds is 7. The van der Waals surface area contributed by atoms with Gasteiger partial charge in [-0.15, -0.1) is 0 Å². The Morgan fingerprint density at radius 1 is 0.882 bits per heavy atom. The number of hydrogen-bond acceptors (Lipinski definition) is 3. The molecule has 0 spiro atoms. The van der Waals surface area contributed by atoms with Gasteiger partial charge in [0, 0.05) is 16.9 Å². The van der Waals surface area contributed by atoms with E-state index in [2.05, 4.69) is 31.4 Å². The van der Waals surface area contributed by atoms with Crippen LogP contribution in [-0.2, 0) is 10.2 Å². The summed E-state index contributed by atoms with van der Waals surface area (Å²) in [5, 5.41) is 5.81. The number of benzene rings is 3. The molecule has 1 atom stereocenters. The average molecular weight is 459 g/mol. The van der Waals surface area contributed by atoms with E-state index in [0.29, 0.717) is 29.1 Å². The third-order valence-corrected chi connectivity index (χ3v) is 5.68. The second kappa shape index (κ2) is 10.6. The Morgan fingerprint density at radius 3 is 2.15 bits per heavy atom. The van der Waals surface area contributed by atoms with Crippen LogP contribution in [-0.4, -0.2) is 17.9 Å². The molecule has 0 aliphatic rings. The number of carbonyl (C=O) groups excluding carboxylic acids is 2. The normalized spacial score (nSPS) is 12.1. The zero-order valence-electron chi connectivity index (χ0n) is 20.9. The lowest BCUT2D eigenvalue weighted by Crippen LogP contribution is -2.32. The summed E-state index contributed by atoms with van der Waals surface area (Å²) in [6, 6.07) is 20.7. The van der Waals surface area contributed by atoms with Crippen LogP contribution in [0.25, 0.3) is 0 Å². The van der Waals surface area contributed by atoms with E-state index in [1.54, 1.807) is 24.3 Å². The first-order chi connectivity index (χ1) is 16.1. The van der Waals surface area contributed by atoms with Gasteiger partial charge in [-0.2, -0.15) is 0 Å². The summed E-state index contributed by atoms with van der Waals surface area (Å²) < 4.78 is 6.01. The Labute approximate surface area is 202 Å². The molecule has 0 bridgehead atoms. The Hall–Kier alpha value is -3.60. The van der Waals surface area contributed by atoms with Gasteiger partial charge in [-0.3, -0.25) is 9.59 Å².